The Balaban J connectivity index is 1.42. The second-order valence-electron chi connectivity index (χ2n) is 9.29. The number of amides is 1. The number of nitrogens with zero attached hydrogens (tertiary/aromatic N) is 4. The molecule has 170 valence electrons. The summed E-state index contributed by atoms with van der Waals surface area (Å²) in [6, 6.07) is 9.46. The number of anilines is 1. The van der Waals surface area contributed by atoms with Crippen molar-refractivity contribution in [3.05, 3.63) is 29.8 Å². The van der Waals surface area contributed by atoms with Gasteiger partial charge < -0.3 is 20.0 Å². The Morgan fingerprint density at radius 1 is 1.23 bits per heavy atom. The molecule has 6 heteroatoms. The fraction of sp³-hybridized carbons (Fsp3) is 0.680. The highest BCUT2D eigenvalue weighted by Gasteiger charge is 2.32. The van der Waals surface area contributed by atoms with E-state index in [0.717, 1.165) is 70.5 Å². The van der Waals surface area contributed by atoms with Gasteiger partial charge >= 0.3 is 0 Å². The number of para-hydroxylation sites is 1. The van der Waals surface area contributed by atoms with Crippen molar-refractivity contribution in [3.8, 4) is 0 Å². The SMILES string of the molecule is CCNC(=NCCN(C)C1CCCC1)N1CC(CCN2CCCC2=O)c2ccccc21. The van der Waals surface area contributed by atoms with Crippen LogP contribution >= 0.6 is 0 Å². The summed E-state index contributed by atoms with van der Waals surface area (Å²) in [7, 11) is 2.25. The number of carbonyl (C=O) groups excluding carboxylic acids is 1. The fourth-order valence-corrected chi connectivity index (χ4v) is 5.43. The summed E-state index contributed by atoms with van der Waals surface area (Å²) in [4.78, 5) is 24.0. The molecule has 31 heavy (non-hydrogen) atoms. The molecule has 4 rings (SSSR count). The number of benzene rings is 1. The molecule has 1 aromatic rings. The van der Waals surface area contributed by atoms with Crippen LogP contribution in [0.2, 0.25) is 0 Å². The van der Waals surface area contributed by atoms with Crippen LogP contribution in [0.4, 0.5) is 5.69 Å². The molecule has 1 aromatic carbocycles. The Morgan fingerprint density at radius 2 is 2.03 bits per heavy atom. The molecule has 1 amide bonds. The molecule has 1 N–H and O–H groups in total. The van der Waals surface area contributed by atoms with Gasteiger partial charge in [0, 0.05) is 56.8 Å². The molecular weight excluding hydrogens is 386 g/mol. The Hall–Kier alpha value is -2.08. The predicted molar refractivity (Wildman–Crippen MR) is 128 cm³/mol. The second kappa shape index (κ2) is 10.5. The minimum Gasteiger partial charge on any atom is -0.356 e. The second-order valence-corrected chi connectivity index (χ2v) is 9.29. The minimum atomic E-state index is 0.324. The summed E-state index contributed by atoms with van der Waals surface area (Å²) in [5.74, 6) is 1.76. The molecule has 3 aliphatic rings. The molecular formula is C25H39N5O. The third-order valence-electron chi connectivity index (χ3n) is 7.24. The molecule has 0 spiro atoms. The lowest BCUT2D eigenvalue weighted by Crippen LogP contribution is -2.42. The van der Waals surface area contributed by atoms with Crippen LogP contribution in [0.1, 0.15) is 63.4 Å². The Kier molecular flexibility index (Phi) is 7.49. The first-order chi connectivity index (χ1) is 15.2. The Bertz CT molecular complexity index is 773. The first-order valence-corrected chi connectivity index (χ1v) is 12.3. The molecule has 1 atom stereocenters. The van der Waals surface area contributed by atoms with E-state index in [4.69, 9.17) is 4.99 Å². The molecule has 6 nitrogen and oxygen atoms in total. The van der Waals surface area contributed by atoms with Gasteiger partial charge in [0.15, 0.2) is 5.96 Å². The standard InChI is InChI=1S/C25H39N5O/c1-3-26-25(27-15-18-28(2)21-9-4-5-10-21)30-19-20(22-11-6-7-12-23(22)30)14-17-29-16-8-13-24(29)31/h6-7,11-12,20-21H,3-5,8-10,13-19H2,1-2H3,(H,26,27). The van der Waals surface area contributed by atoms with Gasteiger partial charge in [-0.15, -0.1) is 0 Å². The lowest BCUT2D eigenvalue weighted by molar-refractivity contribution is -0.127. The van der Waals surface area contributed by atoms with Crippen molar-refractivity contribution in [2.45, 2.75) is 63.8 Å². The van der Waals surface area contributed by atoms with Gasteiger partial charge in [-0.2, -0.15) is 0 Å². The average molecular weight is 426 g/mol. The lowest BCUT2D eigenvalue weighted by atomic mass is 9.98. The van der Waals surface area contributed by atoms with Crippen LogP contribution in [-0.4, -0.2) is 74.0 Å². The summed E-state index contributed by atoms with van der Waals surface area (Å²) in [6.07, 6.45) is 8.16. The normalized spacial score (nSPS) is 22.1. The van der Waals surface area contributed by atoms with E-state index in [2.05, 4.69) is 53.4 Å². The largest absolute Gasteiger partial charge is 0.356 e. The van der Waals surface area contributed by atoms with Crippen LogP contribution in [0.25, 0.3) is 0 Å². The monoisotopic (exact) mass is 425 g/mol. The van der Waals surface area contributed by atoms with Crippen molar-refractivity contribution < 1.29 is 4.79 Å². The zero-order valence-corrected chi connectivity index (χ0v) is 19.4. The first-order valence-electron chi connectivity index (χ1n) is 12.3. The van der Waals surface area contributed by atoms with Gasteiger partial charge in [-0.1, -0.05) is 31.0 Å². The molecule has 1 unspecified atom stereocenters. The summed E-state index contributed by atoms with van der Waals surface area (Å²) >= 11 is 0. The van der Waals surface area contributed by atoms with E-state index in [1.165, 1.54) is 36.9 Å². The van der Waals surface area contributed by atoms with Gasteiger partial charge in [-0.25, -0.2) is 0 Å². The number of likely N-dealkylation sites (tertiary alicyclic amines) is 1. The number of guanidine groups is 1. The van der Waals surface area contributed by atoms with Crippen molar-refractivity contribution in [1.29, 1.82) is 0 Å². The number of aliphatic imine (C=N–C) groups is 1. The summed E-state index contributed by atoms with van der Waals surface area (Å²) in [5, 5.41) is 3.53. The number of hydrogen-bond donors (Lipinski definition) is 1. The van der Waals surface area contributed by atoms with Crippen LogP contribution in [-0.2, 0) is 4.79 Å². The summed E-state index contributed by atoms with van der Waals surface area (Å²) in [5.41, 5.74) is 2.66. The van der Waals surface area contributed by atoms with Crippen molar-refractivity contribution in [3.63, 3.8) is 0 Å². The Morgan fingerprint density at radius 3 is 2.77 bits per heavy atom. The van der Waals surface area contributed by atoms with E-state index in [-0.39, 0.29) is 0 Å². The maximum Gasteiger partial charge on any atom is 0.222 e. The van der Waals surface area contributed by atoms with E-state index in [0.29, 0.717) is 11.8 Å². The van der Waals surface area contributed by atoms with Crippen molar-refractivity contribution in [2.24, 2.45) is 4.99 Å². The minimum absolute atomic E-state index is 0.324. The average Bonchev–Trinajstić information content (AvgIpc) is 3.52. The molecule has 0 radical (unpaired) electrons. The van der Waals surface area contributed by atoms with Gasteiger partial charge in [-0.3, -0.25) is 9.79 Å². The summed E-state index contributed by atoms with van der Waals surface area (Å²) < 4.78 is 0. The lowest BCUT2D eigenvalue weighted by Gasteiger charge is -2.25. The van der Waals surface area contributed by atoms with Gasteiger partial charge in [0.2, 0.25) is 5.91 Å². The maximum atomic E-state index is 12.0. The van der Waals surface area contributed by atoms with Gasteiger partial charge in [0.05, 0.1) is 6.54 Å². The highest BCUT2D eigenvalue weighted by Crippen LogP contribution is 2.38. The van der Waals surface area contributed by atoms with Gasteiger partial charge in [0.1, 0.15) is 0 Å². The van der Waals surface area contributed by atoms with Crippen molar-refractivity contribution in [1.82, 2.24) is 15.1 Å². The molecule has 2 heterocycles. The van der Waals surface area contributed by atoms with E-state index >= 15 is 0 Å². The maximum absolute atomic E-state index is 12.0. The van der Waals surface area contributed by atoms with Crippen LogP contribution in [0.5, 0.6) is 0 Å². The number of rotatable bonds is 8. The number of hydrogen-bond acceptors (Lipinski definition) is 3. The first kappa shape index (κ1) is 22.1. The van der Waals surface area contributed by atoms with E-state index < -0.39 is 0 Å². The molecule has 1 saturated carbocycles. The van der Waals surface area contributed by atoms with Crippen molar-refractivity contribution >= 4 is 17.6 Å². The van der Waals surface area contributed by atoms with Gasteiger partial charge in [0.25, 0.3) is 0 Å². The number of carbonyl (C=O) groups is 1. The number of nitrogens with one attached hydrogen (secondary N) is 1. The van der Waals surface area contributed by atoms with Crippen molar-refractivity contribution in [2.75, 3.05) is 51.2 Å². The number of likely N-dealkylation sites (N-methyl/N-ethyl adjacent to an activating group) is 1. The molecule has 2 aliphatic heterocycles. The third kappa shape index (κ3) is 5.22. The molecule has 2 fully saturated rings. The van der Waals surface area contributed by atoms with E-state index in [9.17, 15) is 4.79 Å². The van der Waals surface area contributed by atoms with Crippen LogP contribution in [0, 0.1) is 0 Å². The van der Waals surface area contributed by atoms with Crippen LogP contribution in [0.15, 0.2) is 29.3 Å². The smallest absolute Gasteiger partial charge is 0.222 e. The topological polar surface area (TPSA) is 51.2 Å². The highest BCUT2D eigenvalue weighted by atomic mass is 16.2. The highest BCUT2D eigenvalue weighted by molar-refractivity contribution is 5.98. The molecule has 1 saturated heterocycles. The van der Waals surface area contributed by atoms with Crippen LogP contribution < -0.4 is 10.2 Å². The quantitative estimate of drug-likeness (QED) is 0.512. The molecule has 0 aromatic heterocycles. The van der Waals surface area contributed by atoms with E-state index in [1.807, 2.05) is 4.90 Å². The summed E-state index contributed by atoms with van der Waals surface area (Å²) in [6.45, 7) is 7.56. The van der Waals surface area contributed by atoms with Gasteiger partial charge in [-0.05, 0) is 51.3 Å². The van der Waals surface area contributed by atoms with Crippen LogP contribution in [0.3, 0.4) is 0 Å². The zero-order chi connectivity index (χ0) is 21.6. The van der Waals surface area contributed by atoms with E-state index in [1.54, 1.807) is 0 Å². The number of fused-ring (bicyclic) bond motifs is 1. The third-order valence-corrected chi connectivity index (χ3v) is 7.24. The molecule has 1 aliphatic carbocycles. The fourth-order valence-electron chi connectivity index (χ4n) is 5.43. The Labute approximate surface area is 187 Å². The molecule has 0 bridgehead atoms. The predicted octanol–water partition coefficient (Wildman–Crippen LogP) is 3.44. The zero-order valence-electron chi connectivity index (χ0n) is 19.4.